The van der Waals surface area contributed by atoms with Gasteiger partial charge in [-0.05, 0) is 25.7 Å². The second kappa shape index (κ2) is 8.57. The van der Waals surface area contributed by atoms with Crippen molar-refractivity contribution in [3.8, 4) is 0 Å². The summed E-state index contributed by atoms with van der Waals surface area (Å²) in [4.78, 5) is 21.5. The van der Waals surface area contributed by atoms with E-state index in [1.54, 1.807) is 7.11 Å². The van der Waals surface area contributed by atoms with Crippen LogP contribution < -0.4 is 10.6 Å². The van der Waals surface area contributed by atoms with E-state index in [-0.39, 0.29) is 23.5 Å². The molecule has 1 aliphatic rings. The Kier molecular flexibility index (Phi) is 6.13. The van der Waals surface area contributed by atoms with Crippen LogP contribution >= 0.6 is 0 Å². The van der Waals surface area contributed by atoms with Crippen LogP contribution in [-0.2, 0) is 9.53 Å². The van der Waals surface area contributed by atoms with Crippen molar-refractivity contribution in [2.75, 3.05) is 17.7 Å². The number of nitrogens with zero attached hydrogens (tertiary/aromatic N) is 2. The first-order valence-electron chi connectivity index (χ1n) is 9.67. The molecule has 3 rings (SSSR count). The summed E-state index contributed by atoms with van der Waals surface area (Å²) in [5, 5.41) is 6.10. The van der Waals surface area contributed by atoms with Crippen LogP contribution in [0.3, 0.4) is 0 Å². The van der Waals surface area contributed by atoms with E-state index in [0.717, 1.165) is 16.8 Å². The average molecular weight is 393 g/mol. The molecule has 0 saturated heterocycles. The zero-order chi connectivity index (χ0) is 21.0. The van der Waals surface area contributed by atoms with E-state index in [2.05, 4.69) is 46.6 Å². The summed E-state index contributed by atoms with van der Waals surface area (Å²) in [6, 6.07) is 9.90. The van der Waals surface area contributed by atoms with Crippen molar-refractivity contribution in [2.24, 2.45) is 5.41 Å². The van der Waals surface area contributed by atoms with Gasteiger partial charge in [0, 0.05) is 30.0 Å². The van der Waals surface area contributed by atoms with Gasteiger partial charge < -0.3 is 10.1 Å². The highest BCUT2D eigenvalue weighted by molar-refractivity contribution is 6.03. The Hall–Kier alpha value is -2.99. The number of aromatic nitrogens is 2. The van der Waals surface area contributed by atoms with Gasteiger partial charge in [0.1, 0.15) is 5.82 Å². The summed E-state index contributed by atoms with van der Waals surface area (Å²) in [6.45, 7) is 8.11. The predicted octanol–water partition coefficient (Wildman–Crippen LogP) is 4.70. The fourth-order valence-corrected chi connectivity index (χ4v) is 3.32. The smallest absolute Gasteiger partial charge is 0.253 e. The quantitative estimate of drug-likeness (QED) is 0.697. The average Bonchev–Trinajstić information content (AvgIpc) is 2.65. The Bertz CT molecular complexity index is 963. The molecular weight excluding hydrogens is 364 g/mol. The van der Waals surface area contributed by atoms with Crippen LogP contribution in [0.5, 0.6) is 0 Å². The Labute approximate surface area is 172 Å². The summed E-state index contributed by atoms with van der Waals surface area (Å²) >= 11 is 0. The number of ether oxygens (including phenoxy) is 1. The van der Waals surface area contributed by atoms with E-state index < -0.39 is 0 Å². The molecule has 6 heteroatoms. The van der Waals surface area contributed by atoms with E-state index in [1.165, 1.54) is 0 Å². The van der Waals surface area contributed by atoms with E-state index in [9.17, 15) is 4.79 Å². The number of anilines is 2. The highest BCUT2D eigenvalue weighted by Gasteiger charge is 2.23. The maximum Gasteiger partial charge on any atom is 0.253 e. The molecule has 1 aromatic heterocycles. The Morgan fingerprint density at radius 2 is 2.00 bits per heavy atom. The van der Waals surface area contributed by atoms with Crippen molar-refractivity contribution in [2.45, 2.75) is 40.3 Å². The van der Waals surface area contributed by atoms with Gasteiger partial charge >= 0.3 is 0 Å². The lowest BCUT2D eigenvalue weighted by Crippen LogP contribution is -2.22. The zero-order valence-corrected chi connectivity index (χ0v) is 17.6. The molecule has 29 heavy (non-hydrogen) atoms. The normalized spacial score (nSPS) is 16.1. The number of methoxy groups -OCH3 is 1. The fourth-order valence-electron chi connectivity index (χ4n) is 3.32. The lowest BCUT2D eigenvalue weighted by atomic mass is 9.82. The molecule has 2 aromatic rings. The van der Waals surface area contributed by atoms with Crippen molar-refractivity contribution in [3.05, 3.63) is 71.0 Å². The third-order valence-electron chi connectivity index (χ3n) is 4.72. The highest BCUT2D eigenvalue weighted by atomic mass is 16.5. The molecule has 0 fully saturated rings. The van der Waals surface area contributed by atoms with Crippen LogP contribution in [0.4, 0.5) is 11.8 Å². The molecule has 1 aromatic carbocycles. The molecule has 0 aliphatic heterocycles. The SMILES string of the molecule is COC(Nc1cc(C)nc(NC(=O)C2=CC=CC(C)(C)C2)n1)c1cccc(C)c1. The number of aryl methyl sites for hydroxylation is 2. The van der Waals surface area contributed by atoms with Gasteiger partial charge in [-0.2, -0.15) is 4.98 Å². The Balaban J connectivity index is 1.76. The van der Waals surface area contributed by atoms with Crippen LogP contribution in [0, 0.1) is 19.3 Å². The molecule has 1 unspecified atom stereocenters. The van der Waals surface area contributed by atoms with Gasteiger partial charge in [-0.1, -0.05) is 61.9 Å². The first-order chi connectivity index (χ1) is 13.8. The predicted molar refractivity (Wildman–Crippen MR) is 116 cm³/mol. The summed E-state index contributed by atoms with van der Waals surface area (Å²) in [7, 11) is 1.64. The van der Waals surface area contributed by atoms with E-state index in [4.69, 9.17) is 4.74 Å². The largest absolute Gasteiger partial charge is 0.357 e. The second-order valence-electron chi connectivity index (χ2n) is 8.06. The summed E-state index contributed by atoms with van der Waals surface area (Å²) in [5.41, 5.74) is 3.56. The molecule has 152 valence electrons. The summed E-state index contributed by atoms with van der Waals surface area (Å²) in [5.74, 6) is 0.671. The lowest BCUT2D eigenvalue weighted by Gasteiger charge is -2.24. The van der Waals surface area contributed by atoms with Crippen molar-refractivity contribution < 1.29 is 9.53 Å². The third kappa shape index (κ3) is 5.51. The minimum Gasteiger partial charge on any atom is -0.357 e. The van der Waals surface area contributed by atoms with Crippen LogP contribution in [0.1, 0.15) is 43.3 Å². The van der Waals surface area contributed by atoms with Crippen molar-refractivity contribution in [1.29, 1.82) is 0 Å². The van der Waals surface area contributed by atoms with E-state index >= 15 is 0 Å². The maximum absolute atomic E-state index is 12.7. The molecule has 2 N–H and O–H groups in total. The van der Waals surface area contributed by atoms with Crippen molar-refractivity contribution in [1.82, 2.24) is 9.97 Å². The topological polar surface area (TPSA) is 76.1 Å². The number of carbonyl (C=O) groups excluding carboxylic acids is 1. The number of nitrogens with one attached hydrogen (secondary N) is 2. The second-order valence-corrected chi connectivity index (χ2v) is 8.06. The first-order valence-corrected chi connectivity index (χ1v) is 9.67. The molecule has 6 nitrogen and oxygen atoms in total. The van der Waals surface area contributed by atoms with Gasteiger partial charge in [-0.3, -0.25) is 10.1 Å². The first kappa shape index (κ1) is 20.7. The number of amides is 1. The molecule has 1 amide bonds. The molecule has 1 atom stereocenters. The summed E-state index contributed by atoms with van der Waals surface area (Å²) in [6.07, 6.45) is 6.18. The van der Waals surface area contributed by atoms with Crippen LogP contribution in [-0.4, -0.2) is 23.0 Å². The summed E-state index contributed by atoms with van der Waals surface area (Å²) < 4.78 is 5.60. The molecule has 0 spiro atoms. The molecular formula is C23H28N4O2. The van der Waals surface area contributed by atoms with Gasteiger partial charge in [-0.25, -0.2) is 4.98 Å². The van der Waals surface area contributed by atoms with Crippen LogP contribution in [0.2, 0.25) is 0 Å². The molecule has 1 aliphatic carbocycles. The molecule has 0 saturated carbocycles. The number of allylic oxidation sites excluding steroid dienone is 3. The van der Waals surface area contributed by atoms with Gasteiger partial charge in [0.2, 0.25) is 5.95 Å². The minimum atomic E-state index is -0.361. The number of benzene rings is 1. The number of rotatable bonds is 6. The van der Waals surface area contributed by atoms with E-state index in [0.29, 0.717) is 17.8 Å². The minimum absolute atomic E-state index is 0.0406. The van der Waals surface area contributed by atoms with E-state index in [1.807, 2.05) is 50.3 Å². The number of hydrogen-bond acceptors (Lipinski definition) is 5. The Morgan fingerprint density at radius 1 is 1.21 bits per heavy atom. The third-order valence-corrected chi connectivity index (χ3v) is 4.72. The fraction of sp³-hybridized carbons (Fsp3) is 0.348. The maximum atomic E-state index is 12.7. The molecule has 0 bridgehead atoms. The van der Waals surface area contributed by atoms with Crippen LogP contribution in [0.25, 0.3) is 0 Å². The molecule has 1 heterocycles. The van der Waals surface area contributed by atoms with Crippen molar-refractivity contribution >= 4 is 17.7 Å². The van der Waals surface area contributed by atoms with Gasteiger partial charge in [0.25, 0.3) is 5.91 Å². The van der Waals surface area contributed by atoms with Gasteiger partial charge in [0.15, 0.2) is 6.23 Å². The number of carbonyl (C=O) groups is 1. The zero-order valence-electron chi connectivity index (χ0n) is 17.6. The highest BCUT2D eigenvalue weighted by Crippen LogP contribution is 2.30. The van der Waals surface area contributed by atoms with Gasteiger partial charge in [0.05, 0.1) is 0 Å². The van der Waals surface area contributed by atoms with Crippen LogP contribution in [0.15, 0.2) is 54.1 Å². The molecule has 0 radical (unpaired) electrons. The van der Waals surface area contributed by atoms with Gasteiger partial charge in [-0.15, -0.1) is 0 Å². The lowest BCUT2D eigenvalue weighted by molar-refractivity contribution is -0.113. The number of hydrogen-bond donors (Lipinski definition) is 2. The monoisotopic (exact) mass is 392 g/mol. The van der Waals surface area contributed by atoms with Crippen molar-refractivity contribution in [3.63, 3.8) is 0 Å². The Morgan fingerprint density at radius 3 is 2.69 bits per heavy atom. The standard InChI is InChI=1S/C23H28N4O2/c1-15-8-6-9-17(12-15)21(29-5)25-19-13-16(2)24-22(26-19)27-20(28)18-10-7-11-23(3,4)14-18/h6-13,21H,14H2,1-5H3,(H2,24,25,26,27,28).